The first kappa shape index (κ1) is 20.9. The first-order chi connectivity index (χ1) is 13.9. The second-order valence-electron chi connectivity index (χ2n) is 6.64. The predicted octanol–water partition coefficient (Wildman–Crippen LogP) is 4.10. The molecule has 0 aliphatic rings. The Morgan fingerprint density at radius 2 is 1.93 bits per heavy atom. The van der Waals surface area contributed by atoms with Crippen LogP contribution >= 0.6 is 11.8 Å². The number of hydrogen-bond donors (Lipinski definition) is 1. The molecule has 0 atom stereocenters. The van der Waals surface area contributed by atoms with Crippen LogP contribution < -0.4 is 4.74 Å². The van der Waals surface area contributed by atoms with E-state index >= 15 is 0 Å². The minimum Gasteiger partial charge on any atom is -0.496 e. The summed E-state index contributed by atoms with van der Waals surface area (Å²) >= 11 is 1.33. The number of carbonyl (C=O) groups excluding carboxylic acids is 2. The lowest BCUT2D eigenvalue weighted by Crippen LogP contribution is -2.07. The summed E-state index contributed by atoms with van der Waals surface area (Å²) in [6.45, 7) is 7.78. The van der Waals surface area contributed by atoms with Crippen molar-refractivity contribution in [2.45, 2.75) is 39.4 Å². The summed E-state index contributed by atoms with van der Waals surface area (Å²) in [6.07, 6.45) is 0. The van der Waals surface area contributed by atoms with Gasteiger partial charge in [-0.25, -0.2) is 0 Å². The molecule has 8 heteroatoms. The molecule has 2 heterocycles. The molecule has 0 fully saturated rings. The molecule has 1 N–H and O–H groups in total. The number of hydrogen-bond acceptors (Lipinski definition) is 6. The van der Waals surface area contributed by atoms with E-state index in [9.17, 15) is 9.59 Å². The van der Waals surface area contributed by atoms with Crippen LogP contribution in [0.3, 0.4) is 0 Å². The van der Waals surface area contributed by atoms with E-state index in [-0.39, 0.29) is 17.3 Å². The van der Waals surface area contributed by atoms with Gasteiger partial charge in [0.05, 0.1) is 24.1 Å². The van der Waals surface area contributed by atoms with Crippen molar-refractivity contribution in [2.24, 2.45) is 0 Å². The van der Waals surface area contributed by atoms with E-state index in [0.717, 1.165) is 17.0 Å². The molecule has 0 bridgehead atoms. The number of ketones is 2. The van der Waals surface area contributed by atoms with E-state index in [1.165, 1.54) is 18.7 Å². The SMILES string of the molecule is CCn1c(SCC(=O)c2[nH]c(C)c(C(C)=O)c2C)nnc1-c1ccccc1OC. The number of nitrogens with zero attached hydrogens (tertiary/aromatic N) is 3. The maximum atomic E-state index is 12.8. The molecule has 0 saturated carbocycles. The van der Waals surface area contributed by atoms with Crippen LogP contribution in [0.25, 0.3) is 11.4 Å². The molecule has 1 aromatic carbocycles. The number of nitrogens with one attached hydrogen (secondary N) is 1. The number of aromatic nitrogens is 4. The number of thioether (sulfide) groups is 1. The molecule has 7 nitrogen and oxygen atoms in total. The molecular weight excluding hydrogens is 388 g/mol. The fourth-order valence-electron chi connectivity index (χ4n) is 3.47. The fourth-order valence-corrected chi connectivity index (χ4v) is 4.34. The van der Waals surface area contributed by atoms with E-state index in [4.69, 9.17) is 4.74 Å². The van der Waals surface area contributed by atoms with Gasteiger partial charge >= 0.3 is 0 Å². The van der Waals surface area contributed by atoms with Gasteiger partial charge in [-0.2, -0.15) is 0 Å². The monoisotopic (exact) mass is 412 g/mol. The van der Waals surface area contributed by atoms with Crippen molar-refractivity contribution in [3.63, 3.8) is 0 Å². The number of rotatable bonds is 8. The normalized spacial score (nSPS) is 10.9. The smallest absolute Gasteiger partial charge is 0.191 e. The Labute approximate surface area is 173 Å². The number of H-pyrrole nitrogens is 1. The Morgan fingerprint density at radius 1 is 1.21 bits per heavy atom. The second kappa shape index (κ2) is 8.65. The lowest BCUT2D eigenvalue weighted by Gasteiger charge is -2.10. The summed E-state index contributed by atoms with van der Waals surface area (Å²) < 4.78 is 7.40. The van der Waals surface area contributed by atoms with Crippen LogP contribution in [0.2, 0.25) is 0 Å². The van der Waals surface area contributed by atoms with Gasteiger partial charge in [-0.05, 0) is 45.4 Å². The zero-order valence-corrected chi connectivity index (χ0v) is 18.0. The third-order valence-electron chi connectivity index (χ3n) is 4.78. The number of para-hydroxylation sites is 1. The van der Waals surface area contributed by atoms with E-state index in [2.05, 4.69) is 15.2 Å². The van der Waals surface area contributed by atoms with Crippen LogP contribution in [0.5, 0.6) is 5.75 Å². The van der Waals surface area contributed by atoms with Crippen LogP contribution in [0.1, 0.15) is 46.0 Å². The molecule has 3 aromatic rings. The van der Waals surface area contributed by atoms with Crippen molar-refractivity contribution >= 4 is 23.3 Å². The van der Waals surface area contributed by atoms with Gasteiger partial charge in [0.1, 0.15) is 5.75 Å². The summed E-state index contributed by atoms with van der Waals surface area (Å²) in [6, 6.07) is 7.64. The molecule has 29 heavy (non-hydrogen) atoms. The van der Waals surface area contributed by atoms with Gasteiger partial charge in [0.25, 0.3) is 0 Å². The number of aromatic amines is 1. The number of aryl methyl sites for hydroxylation is 1. The Bertz CT molecular complexity index is 1070. The number of methoxy groups -OCH3 is 1. The quantitative estimate of drug-likeness (QED) is 0.443. The standard InChI is InChI=1S/C21H24N4O3S/c1-6-25-20(15-9-7-8-10-17(15)28-5)23-24-21(25)29-11-16(27)19-12(2)18(14(4)26)13(3)22-19/h7-10,22H,6,11H2,1-5H3. The van der Waals surface area contributed by atoms with Crippen LogP contribution in [-0.4, -0.2) is 44.2 Å². The zero-order chi connectivity index (χ0) is 21.1. The second-order valence-corrected chi connectivity index (χ2v) is 7.59. The van der Waals surface area contributed by atoms with E-state index in [1.54, 1.807) is 21.0 Å². The third-order valence-corrected chi connectivity index (χ3v) is 5.75. The first-order valence-corrected chi connectivity index (χ1v) is 10.3. The Morgan fingerprint density at radius 3 is 2.55 bits per heavy atom. The maximum Gasteiger partial charge on any atom is 0.191 e. The molecule has 0 aliphatic carbocycles. The molecule has 2 aromatic heterocycles. The van der Waals surface area contributed by atoms with Gasteiger partial charge < -0.3 is 14.3 Å². The van der Waals surface area contributed by atoms with Gasteiger partial charge in [-0.15, -0.1) is 10.2 Å². The molecule has 0 unspecified atom stereocenters. The summed E-state index contributed by atoms with van der Waals surface area (Å²) in [5.74, 6) is 1.49. The number of carbonyl (C=O) groups is 2. The first-order valence-electron chi connectivity index (χ1n) is 9.31. The lowest BCUT2D eigenvalue weighted by molar-refractivity contribution is 0.101. The Hall–Kier alpha value is -2.87. The van der Waals surface area contributed by atoms with Crippen molar-refractivity contribution in [3.8, 4) is 17.1 Å². The summed E-state index contributed by atoms with van der Waals surface area (Å²) in [5.41, 5.74) is 3.34. The molecule has 0 radical (unpaired) electrons. The Kier molecular flexibility index (Phi) is 6.22. The van der Waals surface area contributed by atoms with Crippen molar-refractivity contribution in [3.05, 3.63) is 46.8 Å². The zero-order valence-electron chi connectivity index (χ0n) is 17.2. The van der Waals surface area contributed by atoms with Crippen molar-refractivity contribution in [1.82, 2.24) is 19.7 Å². The number of benzene rings is 1. The van der Waals surface area contributed by atoms with Crippen LogP contribution in [0, 0.1) is 13.8 Å². The van der Waals surface area contributed by atoms with Gasteiger partial charge in [0.2, 0.25) is 0 Å². The molecule has 0 aliphatic heterocycles. The Balaban J connectivity index is 1.84. The van der Waals surface area contributed by atoms with Crippen molar-refractivity contribution in [2.75, 3.05) is 12.9 Å². The van der Waals surface area contributed by atoms with Crippen molar-refractivity contribution in [1.29, 1.82) is 0 Å². The minimum absolute atomic E-state index is 0.0462. The fraction of sp³-hybridized carbons (Fsp3) is 0.333. The van der Waals surface area contributed by atoms with E-state index in [1.807, 2.05) is 35.8 Å². The van der Waals surface area contributed by atoms with E-state index in [0.29, 0.717) is 34.3 Å². The van der Waals surface area contributed by atoms with Gasteiger partial charge in [-0.3, -0.25) is 9.59 Å². The van der Waals surface area contributed by atoms with Crippen molar-refractivity contribution < 1.29 is 14.3 Å². The average molecular weight is 413 g/mol. The minimum atomic E-state index is -0.0763. The molecule has 3 rings (SSSR count). The van der Waals surface area contributed by atoms with Gasteiger partial charge in [0.15, 0.2) is 22.5 Å². The topological polar surface area (TPSA) is 89.9 Å². The molecular formula is C21H24N4O3S. The number of ether oxygens (including phenoxy) is 1. The summed E-state index contributed by atoms with van der Waals surface area (Å²) in [4.78, 5) is 27.6. The highest BCUT2D eigenvalue weighted by Gasteiger charge is 2.22. The number of Topliss-reactive ketones (excluding diaryl/α,β-unsaturated/α-hetero) is 2. The van der Waals surface area contributed by atoms with Crippen LogP contribution in [0.4, 0.5) is 0 Å². The average Bonchev–Trinajstić information content (AvgIpc) is 3.25. The summed E-state index contributed by atoms with van der Waals surface area (Å²) in [5, 5.41) is 9.27. The highest BCUT2D eigenvalue weighted by molar-refractivity contribution is 7.99. The predicted molar refractivity (Wildman–Crippen MR) is 113 cm³/mol. The van der Waals surface area contributed by atoms with Crippen LogP contribution in [0.15, 0.2) is 29.4 Å². The maximum absolute atomic E-state index is 12.8. The van der Waals surface area contributed by atoms with E-state index < -0.39 is 0 Å². The largest absolute Gasteiger partial charge is 0.496 e. The molecule has 0 spiro atoms. The van der Waals surface area contributed by atoms with Gasteiger partial charge in [-0.1, -0.05) is 23.9 Å². The van der Waals surface area contributed by atoms with Gasteiger partial charge in [0, 0.05) is 17.8 Å². The molecule has 0 saturated heterocycles. The third kappa shape index (κ3) is 3.98. The summed E-state index contributed by atoms with van der Waals surface area (Å²) in [7, 11) is 1.62. The highest BCUT2D eigenvalue weighted by Crippen LogP contribution is 2.31. The highest BCUT2D eigenvalue weighted by atomic mass is 32.2. The molecule has 152 valence electrons. The lowest BCUT2D eigenvalue weighted by atomic mass is 10.1. The van der Waals surface area contributed by atoms with Crippen LogP contribution in [-0.2, 0) is 6.54 Å². The molecule has 0 amide bonds.